The first kappa shape index (κ1) is 15.0. The lowest BCUT2D eigenvalue weighted by Gasteiger charge is -2.63. The van der Waals surface area contributed by atoms with Gasteiger partial charge in [0.1, 0.15) is 0 Å². The Morgan fingerprint density at radius 3 is 2.70 bits per heavy atom. The lowest BCUT2D eigenvalue weighted by atomic mass is 9.46. The highest BCUT2D eigenvalue weighted by Gasteiger charge is 2.66. The quantitative estimate of drug-likeness (QED) is 0.898. The van der Waals surface area contributed by atoms with Gasteiger partial charge in [-0.15, -0.1) is 0 Å². The van der Waals surface area contributed by atoms with Gasteiger partial charge in [-0.3, -0.25) is 4.79 Å². The Morgan fingerprint density at radius 1 is 1.30 bits per heavy atom. The molecule has 1 heterocycles. The van der Waals surface area contributed by atoms with Gasteiger partial charge in [0.25, 0.3) is 0 Å². The van der Waals surface area contributed by atoms with Crippen molar-refractivity contribution in [2.75, 3.05) is 18.5 Å². The number of carbonyl (C=O) groups is 1. The first-order valence-corrected chi connectivity index (χ1v) is 8.83. The summed E-state index contributed by atoms with van der Waals surface area (Å²) in [4.78, 5) is 12.4. The average Bonchev–Trinajstić information content (AvgIpc) is 2.88. The van der Waals surface area contributed by atoms with Crippen LogP contribution in [-0.2, 0) is 9.53 Å². The van der Waals surface area contributed by atoms with Crippen molar-refractivity contribution in [3.8, 4) is 0 Å². The van der Waals surface area contributed by atoms with Crippen molar-refractivity contribution in [1.82, 2.24) is 5.32 Å². The van der Waals surface area contributed by atoms with Gasteiger partial charge in [0.15, 0.2) is 0 Å². The maximum atomic E-state index is 12.4. The Labute approximate surface area is 138 Å². The van der Waals surface area contributed by atoms with Crippen LogP contribution in [0.25, 0.3) is 0 Å². The fourth-order valence-electron chi connectivity index (χ4n) is 4.94. The van der Waals surface area contributed by atoms with Crippen LogP contribution in [0.2, 0.25) is 0 Å². The predicted molar refractivity (Wildman–Crippen MR) is 90.5 cm³/mol. The molecule has 23 heavy (non-hydrogen) atoms. The summed E-state index contributed by atoms with van der Waals surface area (Å²) in [6.07, 6.45) is 5.21. The highest BCUT2D eigenvalue weighted by molar-refractivity contribution is 5.82. The summed E-state index contributed by atoms with van der Waals surface area (Å²) >= 11 is 0. The van der Waals surface area contributed by atoms with Gasteiger partial charge in [0, 0.05) is 29.7 Å². The molecule has 2 aliphatic carbocycles. The number of amides is 1. The molecular formula is C19H26N2O2. The molecule has 1 spiro atoms. The smallest absolute Gasteiger partial charge is 0.239 e. The van der Waals surface area contributed by atoms with Gasteiger partial charge in [0.2, 0.25) is 5.91 Å². The van der Waals surface area contributed by atoms with Crippen LogP contribution in [0.3, 0.4) is 0 Å². The van der Waals surface area contributed by atoms with Gasteiger partial charge < -0.3 is 15.4 Å². The SMILES string of the molecule is Cc1cccc(C)c1NCC(=O)N[C@@H]1[C@H]2CCO[C@@H]2C12CCC2. The zero-order valence-electron chi connectivity index (χ0n) is 14.0. The second-order valence-corrected chi connectivity index (χ2v) is 7.50. The number of rotatable bonds is 4. The highest BCUT2D eigenvalue weighted by Crippen LogP contribution is 2.62. The van der Waals surface area contributed by atoms with Crippen molar-refractivity contribution in [3.05, 3.63) is 29.3 Å². The molecule has 1 aromatic rings. The summed E-state index contributed by atoms with van der Waals surface area (Å²) in [7, 11) is 0. The van der Waals surface area contributed by atoms with E-state index in [-0.39, 0.29) is 11.3 Å². The van der Waals surface area contributed by atoms with Crippen molar-refractivity contribution < 1.29 is 9.53 Å². The number of anilines is 1. The molecule has 1 amide bonds. The van der Waals surface area contributed by atoms with Gasteiger partial charge >= 0.3 is 0 Å². The third kappa shape index (κ3) is 2.26. The molecule has 2 N–H and O–H groups in total. The molecule has 3 aliphatic rings. The molecule has 1 aliphatic heterocycles. The molecule has 0 radical (unpaired) electrons. The topological polar surface area (TPSA) is 50.4 Å². The molecule has 3 fully saturated rings. The van der Waals surface area contributed by atoms with Crippen LogP contribution in [0.4, 0.5) is 5.69 Å². The van der Waals surface area contributed by atoms with E-state index in [1.54, 1.807) is 0 Å². The van der Waals surface area contributed by atoms with Gasteiger partial charge in [-0.25, -0.2) is 0 Å². The van der Waals surface area contributed by atoms with Crippen molar-refractivity contribution in [2.45, 2.75) is 51.7 Å². The van der Waals surface area contributed by atoms with Gasteiger partial charge in [-0.05, 0) is 44.2 Å². The molecule has 0 aromatic heterocycles. The number of carbonyl (C=O) groups excluding carboxylic acids is 1. The minimum absolute atomic E-state index is 0.106. The van der Waals surface area contributed by atoms with Crippen LogP contribution in [0.1, 0.15) is 36.8 Å². The Kier molecular flexibility index (Phi) is 3.60. The molecule has 1 aromatic carbocycles. The summed E-state index contributed by atoms with van der Waals surface area (Å²) in [5.41, 5.74) is 3.70. The minimum Gasteiger partial charge on any atom is -0.377 e. The average molecular weight is 314 g/mol. The fraction of sp³-hybridized carbons (Fsp3) is 0.632. The number of fused-ring (bicyclic) bond motifs is 2. The van der Waals surface area contributed by atoms with E-state index < -0.39 is 0 Å². The van der Waals surface area contributed by atoms with Crippen molar-refractivity contribution in [3.63, 3.8) is 0 Å². The number of ether oxygens (including phenoxy) is 1. The maximum absolute atomic E-state index is 12.4. The standard InChI is InChI=1S/C19H26N2O2/c1-12-5-3-6-13(2)16(12)20-11-15(22)21-17-14-7-10-23-18(14)19(17)8-4-9-19/h3,5-6,14,17-18,20H,4,7-11H2,1-2H3,(H,21,22)/t14-,17-,18+/m1/s1. The molecule has 4 nitrogen and oxygen atoms in total. The van der Waals surface area contributed by atoms with Crippen LogP contribution in [0.15, 0.2) is 18.2 Å². The van der Waals surface area contributed by atoms with Crippen molar-refractivity contribution >= 4 is 11.6 Å². The number of hydrogen-bond acceptors (Lipinski definition) is 3. The molecule has 2 saturated carbocycles. The number of benzene rings is 1. The van der Waals surface area contributed by atoms with E-state index in [2.05, 4.69) is 36.6 Å². The van der Waals surface area contributed by atoms with Crippen LogP contribution in [0, 0.1) is 25.2 Å². The molecule has 124 valence electrons. The van der Waals surface area contributed by atoms with Crippen LogP contribution < -0.4 is 10.6 Å². The van der Waals surface area contributed by atoms with E-state index in [1.165, 1.54) is 30.4 Å². The zero-order chi connectivity index (χ0) is 16.0. The van der Waals surface area contributed by atoms with Crippen LogP contribution >= 0.6 is 0 Å². The molecule has 0 unspecified atom stereocenters. The second-order valence-electron chi connectivity index (χ2n) is 7.50. The third-order valence-electron chi connectivity index (χ3n) is 6.26. The van der Waals surface area contributed by atoms with Crippen LogP contribution in [0.5, 0.6) is 0 Å². The monoisotopic (exact) mass is 314 g/mol. The summed E-state index contributed by atoms with van der Waals surface area (Å²) in [5, 5.41) is 6.62. The van der Waals surface area contributed by atoms with Gasteiger partial charge in [-0.1, -0.05) is 24.6 Å². The Bertz CT molecular complexity index is 604. The number of hydrogen-bond donors (Lipinski definition) is 2. The van der Waals surface area contributed by atoms with E-state index in [0.717, 1.165) is 18.7 Å². The molecule has 0 bridgehead atoms. The number of para-hydroxylation sites is 1. The minimum atomic E-state index is 0.106. The summed E-state index contributed by atoms with van der Waals surface area (Å²) in [6.45, 7) is 5.35. The number of aryl methyl sites for hydroxylation is 2. The van der Waals surface area contributed by atoms with E-state index in [1.807, 2.05) is 6.07 Å². The Balaban J connectivity index is 1.37. The highest BCUT2D eigenvalue weighted by atomic mass is 16.5. The van der Waals surface area contributed by atoms with Gasteiger partial charge in [0.05, 0.1) is 12.6 Å². The van der Waals surface area contributed by atoms with E-state index in [4.69, 9.17) is 4.74 Å². The summed E-state index contributed by atoms with van der Waals surface area (Å²) in [6, 6.07) is 6.52. The summed E-state index contributed by atoms with van der Waals surface area (Å²) in [5.74, 6) is 0.647. The summed E-state index contributed by atoms with van der Waals surface area (Å²) < 4.78 is 5.92. The first-order valence-electron chi connectivity index (χ1n) is 8.83. The fourth-order valence-corrected chi connectivity index (χ4v) is 4.94. The van der Waals surface area contributed by atoms with E-state index >= 15 is 0 Å². The van der Waals surface area contributed by atoms with Crippen molar-refractivity contribution in [1.29, 1.82) is 0 Å². The molecular weight excluding hydrogens is 288 g/mol. The third-order valence-corrected chi connectivity index (χ3v) is 6.26. The largest absolute Gasteiger partial charge is 0.377 e. The zero-order valence-corrected chi connectivity index (χ0v) is 14.0. The predicted octanol–water partition coefficient (Wildman–Crippen LogP) is 2.79. The molecule has 1 saturated heterocycles. The lowest BCUT2D eigenvalue weighted by molar-refractivity contribution is -0.178. The second kappa shape index (κ2) is 5.52. The normalized spacial score (nSPS) is 30.3. The Morgan fingerprint density at radius 2 is 2.04 bits per heavy atom. The van der Waals surface area contributed by atoms with E-state index in [0.29, 0.717) is 24.6 Å². The maximum Gasteiger partial charge on any atom is 0.239 e. The Hall–Kier alpha value is -1.55. The molecule has 4 rings (SSSR count). The lowest BCUT2D eigenvalue weighted by Crippen LogP contribution is -2.72. The van der Waals surface area contributed by atoms with Crippen molar-refractivity contribution in [2.24, 2.45) is 11.3 Å². The number of nitrogens with one attached hydrogen (secondary N) is 2. The first-order chi connectivity index (χ1) is 11.1. The van der Waals surface area contributed by atoms with Crippen LogP contribution in [-0.4, -0.2) is 31.2 Å². The van der Waals surface area contributed by atoms with E-state index in [9.17, 15) is 4.79 Å². The van der Waals surface area contributed by atoms with Gasteiger partial charge in [-0.2, -0.15) is 0 Å². The molecule has 4 heteroatoms. The molecule has 3 atom stereocenters.